The lowest BCUT2D eigenvalue weighted by Crippen LogP contribution is -1.60. The second-order valence-electron chi connectivity index (χ2n) is 1.49. The Bertz CT molecular complexity index is 101. The van der Waals surface area contributed by atoms with Crippen LogP contribution in [0.1, 0.15) is 20.3 Å². The third kappa shape index (κ3) is 4.37. The zero-order chi connectivity index (χ0) is 6.41. The quantitative estimate of drug-likeness (QED) is 0.496. The minimum atomic E-state index is 1.14. The molecule has 0 aliphatic rings. The maximum Gasteiger partial charge on any atom is -0.00969 e. The van der Waals surface area contributed by atoms with Crippen molar-refractivity contribution >= 4 is 22.6 Å². The van der Waals surface area contributed by atoms with Gasteiger partial charge in [-0.1, -0.05) is 25.2 Å². The lowest BCUT2D eigenvalue weighted by Gasteiger charge is -1.84. The zero-order valence-corrected chi connectivity index (χ0v) is 7.47. The molecule has 0 aromatic carbocycles. The van der Waals surface area contributed by atoms with E-state index in [-0.39, 0.29) is 0 Å². The van der Waals surface area contributed by atoms with Crippen molar-refractivity contribution in [2.24, 2.45) is 0 Å². The van der Waals surface area contributed by atoms with Gasteiger partial charge in [0.1, 0.15) is 0 Å². The summed E-state index contributed by atoms with van der Waals surface area (Å²) in [6.45, 7) is 4.18. The van der Waals surface area contributed by atoms with E-state index in [1.807, 2.05) is 13.0 Å². The van der Waals surface area contributed by atoms with Crippen LogP contribution < -0.4 is 0 Å². The summed E-state index contributed by atoms with van der Waals surface area (Å²) in [5.74, 6) is 0. The first-order valence-electron chi connectivity index (χ1n) is 2.78. The molecule has 0 N–H and O–H groups in total. The van der Waals surface area contributed by atoms with Gasteiger partial charge < -0.3 is 0 Å². The summed E-state index contributed by atoms with van der Waals surface area (Å²) < 4.78 is 1.40. The third-order valence-corrected chi connectivity index (χ3v) is 1.93. The van der Waals surface area contributed by atoms with Gasteiger partial charge in [-0.3, -0.25) is 0 Å². The van der Waals surface area contributed by atoms with Gasteiger partial charge in [0.05, 0.1) is 0 Å². The van der Waals surface area contributed by atoms with E-state index < -0.39 is 0 Å². The Morgan fingerprint density at radius 3 is 2.62 bits per heavy atom. The van der Waals surface area contributed by atoms with Crippen LogP contribution >= 0.6 is 22.6 Å². The molecule has 46 valence electrons. The Morgan fingerprint density at radius 2 is 2.25 bits per heavy atom. The minimum absolute atomic E-state index is 1.14. The Labute approximate surface area is 64.8 Å². The Hall–Kier alpha value is 0.210. The fourth-order valence-corrected chi connectivity index (χ4v) is 0.526. The molecule has 0 rings (SSSR count). The first kappa shape index (κ1) is 8.21. The molecule has 0 radical (unpaired) electrons. The van der Waals surface area contributed by atoms with Gasteiger partial charge in [0, 0.05) is 0 Å². The molecule has 0 unspecified atom stereocenters. The molecule has 0 fully saturated rings. The van der Waals surface area contributed by atoms with E-state index in [0.29, 0.717) is 0 Å². The van der Waals surface area contributed by atoms with E-state index in [2.05, 4.69) is 41.7 Å². The number of hydrogen-bond acceptors (Lipinski definition) is 0. The van der Waals surface area contributed by atoms with Crippen LogP contribution in [0.25, 0.3) is 0 Å². The Kier molecular flexibility index (Phi) is 5.49. The lowest BCUT2D eigenvalue weighted by molar-refractivity contribution is 1.21. The van der Waals surface area contributed by atoms with Gasteiger partial charge in [-0.2, -0.15) is 0 Å². The van der Waals surface area contributed by atoms with E-state index in [0.717, 1.165) is 6.42 Å². The van der Waals surface area contributed by atoms with E-state index >= 15 is 0 Å². The van der Waals surface area contributed by atoms with Crippen molar-refractivity contribution in [1.82, 2.24) is 0 Å². The number of halogens is 1. The SMILES string of the molecule is C/C=C\C=C(\I)CC. The van der Waals surface area contributed by atoms with Gasteiger partial charge in [0.15, 0.2) is 0 Å². The van der Waals surface area contributed by atoms with Crippen molar-refractivity contribution < 1.29 is 0 Å². The first-order chi connectivity index (χ1) is 3.81. The predicted molar refractivity (Wildman–Crippen MR) is 47.2 cm³/mol. The summed E-state index contributed by atoms with van der Waals surface area (Å²) in [6.07, 6.45) is 7.37. The molecular formula is C7H11I. The molecule has 0 saturated heterocycles. The van der Waals surface area contributed by atoms with Crippen LogP contribution in [0.15, 0.2) is 21.8 Å². The second-order valence-corrected chi connectivity index (χ2v) is 2.88. The fourth-order valence-electron chi connectivity index (χ4n) is 0.318. The van der Waals surface area contributed by atoms with Gasteiger partial charge in [0.25, 0.3) is 0 Å². The van der Waals surface area contributed by atoms with E-state index in [1.54, 1.807) is 0 Å². The molecular weight excluding hydrogens is 211 g/mol. The highest BCUT2D eigenvalue weighted by molar-refractivity contribution is 14.1. The lowest BCUT2D eigenvalue weighted by atomic mass is 10.4. The topological polar surface area (TPSA) is 0 Å². The normalized spacial score (nSPS) is 13.1. The van der Waals surface area contributed by atoms with E-state index in [4.69, 9.17) is 0 Å². The summed E-state index contributed by atoms with van der Waals surface area (Å²) >= 11 is 2.34. The van der Waals surface area contributed by atoms with Crippen molar-refractivity contribution in [2.45, 2.75) is 20.3 Å². The highest BCUT2D eigenvalue weighted by Crippen LogP contribution is 2.08. The molecule has 0 saturated carbocycles. The van der Waals surface area contributed by atoms with Crippen molar-refractivity contribution in [3.8, 4) is 0 Å². The minimum Gasteiger partial charge on any atom is -0.0876 e. The molecule has 0 aromatic heterocycles. The summed E-state index contributed by atoms with van der Waals surface area (Å²) in [5.41, 5.74) is 0. The molecule has 0 amide bonds. The third-order valence-electron chi connectivity index (χ3n) is 0.807. The van der Waals surface area contributed by atoms with Gasteiger partial charge in [-0.25, -0.2) is 0 Å². The van der Waals surface area contributed by atoms with Crippen molar-refractivity contribution in [3.63, 3.8) is 0 Å². The highest BCUT2D eigenvalue weighted by Gasteiger charge is 1.78. The summed E-state index contributed by atoms with van der Waals surface area (Å²) in [4.78, 5) is 0. The second kappa shape index (κ2) is 5.35. The molecule has 0 atom stereocenters. The Balaban J connectivity index is 3.57. The number of hydrogen-bond donors (Lipinski definition) is 0. The van der Waals surface area contributed by atoms with Gasteiger partial charge >= 0.3 is 0 Å². The van der Waals surface area contributed by atoms with Crippen LogP contribution in [0, 0.1) is 0 Å². The van der Waals surface area contributed by atoms with Crippen molar-refractivity contribution in [3.05, 3.63) is 21.8 Å². The fraction of sp³-hybridized carbons (Fsp3) is 0.429. The maximum atomic E-state index is 2.34. The number of allylic oxidation sites excluding steroid dienone is 4. The summed E-state index contributed by atoms with van der Waals surface area (Å²) in [5, 5.41) is 0. The van der Waals surface area contributed by atoms with E-state index in [1.165, 1.54) is 3.58 Å². The van der Waals surface area contributed by atoms with Crippen LogP contribution in [0.2, 0.25) is 0 Å². The standard InChI is InChI=1S/C7H11I/c1-3-5-6-7(8)4-2/h3,5-6H,4H2,1-2H3/b5-3-,7-6+. The molecule has 0 nitrogen and oxygen atoms in total. The van der Waals surface area contributed by atoms with Gasteiger partial charge in [0.2, 0.25) is 0 Å². The highest BCUT2D eigenvalue weighted by atomic mass is 127. The zero-order valence-electron chi connectivity index (χ0n) is 5.32. The summed E-state index contributed by atoms with van der Waals surface area (Å²) in [7, 11) is 0. The van der Waals surface area contributed by atoms with Crippen LogP contribution in [0.4, 0.5) is 0 Å². The van der Waals surface area contributed by atoms with Crippen LogP contribution in [0.3, 0.4) is 0 Å². The smallest absolute Gasteiger partial charge is 0.00969 e. The largest absolute Gasteiger partial charge is 0.0876 e. The van der Waals surface area contributed by atoms with Crippen LogP contribution in [0.5, 0.6) is 0 Å². The van der Waals surface area contributed by atoms with Crippen molar-refractivity contribution in [1.29, 1.82) is 0 Å². The van der Waals surface area contributed by atoms with Crippen LogP contribution in [-0.4, -0.2) is 0 Å². The molecule has 0 aliphatic carbocycles. The first-order valence-corrected chi connectivity index (χ1v) is 3.86. The molecule has 8 heavy (non-hydrogen) atoms. The average molecular weight is 222 g/mol. The van der Waals surface area contributed by atoms with Gasteiger partial charge in [-0.05, 0) is 39.5 Å². The molecule has 0 aliphatic heterocycles. The Morgan fingerprint density at radius 1 is 1.62 bits per heavy atom. The van der Waals surface area contributed by atoms with Crippen LogP contribution in [-0.2, 0) is 0 Å². The summed E-state index contributed by atoms with van der Waals surface area (Å²) in [6, 6.07) is 0. The molecule has 0 bridgehead atoms. The molecule has 1 heteroatoms. The van der Waals surface area contributed by atoms with Crippen molar-refractivity contribution in [2.75, 3.05) is 0 Å². The van der Waals surface area contributed by atoms with Gasteiger partial charge in [-0.15, -0.1) is 0 Å². The predicted octanol–water partition coefficient (Wildman–Crippen LogP) is 3.29. The number of rotatable bonds is 2. The average Bonchev–Trinajstić information content (AvgIpc) is 1.83. The monoisotopic (exact) mass is 222 g/mol. The molecule has 0 spiro atoms. The molecule has 0 aromatic rings. The van der Waals surface area contributed by atoms with E-state index in [9.17, 15) is 0 Å². The maximum absolute atomic E-state index is 2.34. The molecule has 0 heterocycles.